The van der Waals surface area contributed by atoms with Gasteiger partial charge in [-0.05, 0) is 25.5 Å². The fraction of sp³-hybridized carbons (Fsp3) is 0.300. The molecule has 0 aliphatic rings. The molecule has 2 heterocycles. The van der Waals surface area contributed by atoms with Crippen LogP contribution in [0.3, 0.4) is 0 Å². The van der Waals surface area contributed by atoms with Crippen LogP contribution in [0.15, 0.2) is 12.3 Å². The molecule has 0 saturated carbocycles. The van der Waals surface area contributed by atoms with Crippen molar-refractivity contribution in [3.63, 3.8) is 0 Å². The minimum atomic E-state index is -4.55. The predicted octanol–water partition coefficient (Wildman–Crippen LogP) is 2.50. The fourth-order valence-electron chi connectivity index (χ4n) is 1.41. The van der Waals surface area contributed by atoms with Crippen LogP contribution in [0.2, 0.25) is 0 Å². The van der Waals surface area contributed by atoms with Crippen molar-refractivity contribution in [2.24, 2.45) is 0 Å². The van der Waals surface area contributed by atoms with Gasteiger partial charge in [-0.25, -0.2) is 9.97 Å². The second kappa shape index (κ2) is 3.83. The molecule has 0 saturated heterocycles. The minimum absolute atomic E-state index is 0.224. The molecule has 1 N–H and O–H groups in total. The zero-order valence-electron chi connectivity index (χ0n) is 9.13. The van der Waals surface area contributed by atoms with Crippen LogP contribution in [0.25, 0.3) is 11.4 Å². The van der Waals surface area contributed by atoms with Crippen LogP contribution in [0, 0.1) is 13.8 Å². The number of hydrogen-bond donors (Lipinski definition) is 1. The quantitative estimate of drug-likeness (QED) is 0.835. The van der Waals surface area contributed by atoms with E-state index in [0.717, 1.165) is 0 Å². The first kappa shape index (κ1) is 11.6. The second-order valence-electron chi connectivity index (χ2n) is 3.57. The van der Waals surface area contributed by atoms with Gasteiger partial charge in [-0.1, -0.05) is 0 Å². The van der Waals surface area contributed by atoms with Gasteiger partial charge in [0.2, 0.25) is 5.82 Å². The van der Waals surface area contributed by atoms with Crippen molar-refractivity contribution in [3.05, 3.63) is 29.3 Å². The molecule has 0 atom stereocenters. The number of alkyl halides is 3. The Balaban J connectivity index is 2.64. The first-order valence-electron chi connectivity index (χ1n) is 4.82. The van der Waals surface area contributed by atoms with E-state index in [0.29, 0.717) is 17.0 Å². The van der Waals surface area contributed by atoms with E-state index in [4.69, 9.17) is 0 Å². The predicted molar refractivity (Wildman–Crippen MR) is 54.1 cm³/mol. The highest BCUT2D eigenvalue weighted by atomic mass is 19.4. The average Bonchev–Trinajstić information content (AvgIpc) is 2.73. The lowest BCUT2D eigenvalue weighted by Crippen LogP contribution is -2.13. The molecule has 90 valence electrons. The van der Waals surface area contributed by atoms with Gasteiger partial charge in [0.15, 0.2) is 0 Å². The van der Waals surface area contributed by atoms with E-state index in [9.17, 15) is 13.2 Å². The number of aromatic amines is 1. The van der Waals surface area contributed by atoms with Crippen molar-refractivity contribution in [2.75, 3.05) is 0 Å². The third-order valence-electron chi connectivity index (χ3n) is 2.40. The number of H-pyrrole nitrogens is 1. The highest BCUT2D eigenvalue weighted by molar-refractivity contribution is 5.58. The Morgan fingerprint density at radius 3 is 2.41 bits per heavy atom. The molecule has 0 spiro atoms. The Morgan fingerprint density at radius 2 is 1.88 bits per heavy atom. The van der Waals surface area contributed by atoms with E-state index < -0.39 is 12.0 Å². The molecule has 0 bridgehead atoms. The molecule has 17 heavy (non-hydrogen) atoms. The summed E-state index contributed by atoms with van der Waals surface area (Å²) in [6.07, 6.45) is -3.09. The zero-order chi connectivity index (χ0) is 12.6. The van der Waals surface area contributed by atoms with Crippen molar-refractivity contribution >= 4 is 0 Å². The molecule has 2 aromatic rings. The molecule has 0 unspecified atom stereocenters. The zero-order valence-corrected chi connectivity index (χ0v) is 9.13. The minimum Gasteiger partial charge on any atom is -0.276 e. The number of rotatable bonds is 1. The molecule has 7 heteroatoms. The van der Waals surface area contributed by atoms with E-state index >= 15 is 0 Å². The maximum atomic E-state index is 12.6. The maximum absolute atomic E-state index is 12.6. The SMILES string of the molecule is Cc1nc(C(F)(F)F)nc(-c2ccn[nH]2)c1C. The highest BCUT2D eigenvalue weighted by Crippen LogP contribution is 2.29. The molecule has 2 rings (SSSR count). The summed E-state index contributed by atoms with van der Waals surface area (Å²) in [5.41, 5.74) is 1.57. The first-order valence-corrected chi connectivity index (χ1v) is 4.82. The number of hydrogen-bond acceptors (Lipinski definition) is 3. The van der Waals surface area contributed by atoms with Crippen molar-refractivity contribution in [2.45, 2.75) is 20.0 Å². The second-order valence-corrected chi connectivity index (χ2v) is 3.57. The van der Waals surface area contributed by atoms with E-state index in [2.05, 4.69) is 20.2 Å². The van der Waals surface area contributed by atoms with Gasteiger partial charge in [-0.15, -0.1) is 0 Å². The van der Waals surface area contributed by atoms with Crippen molar-refractivity contribution in [1.29, 1.82) is 0 Å². The van der Waals surface area contributed by atoms with Crippen molar-refractivity contribution < 1.29 is 13.2 Å². The third-order valence-corrected chi connectivity index (χ3v) is 2.40. The van der Waals surface area contributed by atoms with Gasteiger partial charge in [0.1, 0.15) is 0 Å². The molecule has 0 amide bonds. The molecule has 0 aromatic carbocycles. The summed E-state index contributed by atoms with van der Waals surface area (Å²) < 4.78 is 37.7. The summed E-state index contributed by atoms with van der Waals surface area (Å²) in [6.45, 7) is 3.19. The molecule has 0 aliphatic carbocycles. The Bertz CT molecular complexity index is 531. The van der Waals surface area contributed by atoms with Crippen LogP contribution >= 0.6 is 0 Å². The Kier molecular flexibility index (Phi) is 2.60. The summed E-state index contributed by atoms with van der Waals surface area (Å²) in [5.74, 6) is -1.13. The Hall–Kier alpha value is -1.92. The third kappa shape index (κ3) is 2.13. The summed E-state index contributed by atoms with van der Waals surface area (Å²) in [6, 6.07) is 1.56. The molecule has 2 aromatic heterocycles. The summed E-state index contributed by atoms with van der Waals surface area (Å²) in [7, 11) is 0. The van der Waals surface area contributed by atoms with Crippen LogP contribution in [0.1, 0.15) is 17.1 Å². The van der Waals surface area contributed by atoms with E-state index in [1.54, 1.807) is 13.0 Å². The van der Waals surface area contributed by atoms with Gasteiger partial charge in [0.25, 0.3) is 0 Å². The van der Waals surface area contributed by atoms with Gasteiger partial charge < -0.3 is 0 Å². The highest BCUT2D eigenvalue weighted by Gasteiger charge is 2.35. The molecule has 0 fully saturated rings. The average molecular weight is 242 g/mol. The smallest absolute Gasteiger partial charge is 0.276 e. The van der Waals surface area contributed by atoms with Crippen molar-refractivity contribution in [1.82, 2.24) is 20.2 Å². The summed E-state index contributed by atoms with van der Waals surface area (Å²) in [4.78, 5) is 6.98. The summed E-state index contributed by atoms with van der Waals surface area (Å²) in [5, 5.41) is 6.29. The number of nitrogens with zero attached hydrogens (tertiary/aromatic N) is 3. The molecule has 0 aliphatic heterocycles. The van der Waals surface area contributed by atoms with Crippen LogP contribution in [0.5, 0.6) is 0 Å². The standard InChI is InChI=1S/C10H9F3N4/c1-5-6(2)15-9(10(11,12)13)16-8(5)7-3-4-14-17-7/h3-4H,1-2H3,(H,14,17). The normalized spacial score (nSPS) is 11.8. The first-order chi connectivity index (χ1) is 7.89. The van der Waals surface area contributed by atoms with Gasteiger partial charge in [0, 0.05) is 11.9 Å². The van der Waals surface area contributed by atoms with E-state index in [-0.39, 0.29) is 5.69 Å². The van der Waals surface area contributed by atoms with Gasteiger partial charge in [-0.3, -0.25) is 5.10 Å². The van der Waals surface area contributed by atoms with Gasteiger partial charge >= 0.3 is 6.18 Å². The van der Waals surface area contributed by atoms with E-state index in [1.165, 1.54) is 13.1 Å². The molecule has 4 nitrogen and oxygen atoms in total. The van der Waals surface area contributed by atoms with E-state index in [1.807, 2.05) is 0 Å². The number of aromatic nitrogens is 4. The van der Waals surface area contributed by atoms with Crippen LogP contribution in [-0.2, 0) is 6.18 Å². The Labute approximate surface area is 94.9 Å². The number of halogens is 3. The number of aryl methyl sites for hydroxylation is 1. The number of nitrogens with one attached hydrogen (secondary N) is 1. The topological polar surface area (TPSA) is 54.5 Å². The molecular weight excluding hydrogens is 233 g/mol. The lowest BCUT2D eigenvalue weighted by Gasteiger charge is -2.10. The Morgan fingerprint density at radius 1 is 1.18 bits per heavy atom. The van der Waals surface area contributed by atoms with Crippen LogP contribution in [0.4, 0.5) is 13.2 Å². The monoisotopic (exact) mass is 242 g/mol. The van der Waals surface area contributed by atoms with Gasteiger partial charge in [0.05, 0.1) is 11.4 Å². The maximum Gasteiger partial charge on any atom is 0.451 e. The molecule has 0 radical (unpaired) electrons. The lowest BCUT2D eigenvalue weighted by atomic mass is 10.1. The van der Waals surface area contributed by atoms with Gasteiger partial charge in [-0.2, -0.15) is 18.3 Å². The van der Waals surface area contributed by atoms with Crippen LogP contribution in [-0.4, -0.2) is 20.2 Å². The largest absolute Gasteiger partial charge is 0.451 e. The summed E-state index contributed by atoms with van der Waals surface area (Å²) >= 11 is 0. The van der Waals surface area contributed by atoms with Crippen molar-refractivity contribution in [3.8, 4) is 11.4 Å². The fourth-order valence-corrected chi connectivity index (χ4v) is 1.41. The lowest BCUT2D eigenvalue weighted by molar-refractivity contribution is -0.145. The molecular formula is C10H9F3N4. The van der Waals surface area contributed by atoms with Crippen LogP contribution < -0.4 is 0 Å².